The third kappa shape index (κ3) is 2.11. The standard InChI is InChI=1S/C4H6F4O2/c5-3(6)2(10)4(7,8)1-9/h2-3,9-10H,1H2. The van der Waals surface area contributed by atoms with E-state index >= 15 is 0 Å². The zero-order valence-electron chi connectivity index (χ0n) is 4.77. The van der Waals surface area contributed by atoms with Crippen molar-refractivity contribution in [2.24, 2.45) is 0 Å². The summed E-state index contributed by atoms with van der Waals surface area (Å²) in [6.07, 6.45) is -6.63. The highest BCUT2D eigenvalue weighted by atomic mass is 19.3. The van der Waals surface area contributed by atoms with Crippen LogP contribution >= 0.6 is 0 Å². The molecule has 2 nitrogen and oxygen atoms in total. The molecule has 1 unspecified atom stereocenters. The fraction of sp³-hybridized carbons (Fsp3) is 1.00. The van der Waals surface area contributed by atoms with E-state index in [1.54, 1.807) is 0 Å². The van der Waals surface area contributed by atoms with Crippen molar-refractivity contribution in [2.45, 2.75) is 18.5 Å². The van der Waals surface area contributed by atoms with Gasteiger partial charge in [-0.05, 0) is 0 Å². The minimum atomic E-state index is -4.12. The van der Waals surface area contributed by atoms with Crippen LogP contribution in [-0.4, -0.2) is 35.3 Å². The average Bonchev–Trinajstić information content (AvgIpc) is 1.86. The van der Waals surface area contributed by atoms with Gasteiger partial charge in [-0.15, -0.1) is 0 Å². The van der Waals surface area contributed by atoms with E-state index in [-0.39, 0.29) is 0 Å². The molecule has 0 saturated heterocycles. The van der Waals surface area contributed by atoms with Crippen LogP contribution in [0.3, 0.4) is 0 Å². The molecule has 62 valence electrons. The number of halogens is 4. The Hall–Kier alpha value is -0.360. The fourth-order valence-corrected chi connectivity index (χ4v) is 0.278. The van der Waals surface area contributed by atoms with Gasteiger partial charge in [0.25, 0.3) is 6.43 Å². The van der Waals surface area contributed by atoms with E-state index in [4.69, 9.17) is 10.2 Å². The fourth-order valence-electron chi connectivity index (χ4n) is 0.278. The molecule has 2 N–H and O–H groups in total. The highest BCUT2D eigenvalue weighted by molar-refractivity contribution is 4.76. The summed E-state index contributed by atoms with van der Waals surface area (Å²) in [5.74, 6) is -4.12. The second kappa shape index (κ2) is 3.16. The van der Waals surface area contributed by atoms with Gasteiger partial charge in [0, 0.05) is 0 Å². The summed E-state index contributed by atoms with van der Waals surface area (Å²) in [5, 5.41) is 15.8. The van der Waals surface area contributed by atoms with Crippen LogP contribution in [0.25, 0.3) is 0 Å². The van der Waals surface area contributed by atoms with Crippen molar-refractivity contribution < 1.29 is 27.8 Å². The van der Waals surface area contributed by atoms with Crippen molar-refractivity contribution in [2.75, 3.05) is 6.61 Å². The SMILES string of the molecule is OCC(F)(F)C(O)C(F)F. The smallest absolute Gasteiger partial charge is 0.301 e. The van der Waals surface area contributed by atoms with Crippen LogP contribution in [0.4, 0.5) is 17.6 Å². The third-order valence-corrected chi connectivity index (χ3v) is 0.882. The molecule has 1 atom stereocenters. The van der Waals surface area contributed by atoms with E-state index in [2.05, 4.69) is 0 Å². The Morgan fingerprint density at radius 1 is 1.30 bits per heavy atom. The van der Waals surface area contributed by atoms with Crippen molar-refractivity contribution >= 4 is 0 Å². The maximum Gasteiger partial charge on any atom is 0.301 e. The van der Waals surface area contributed by atoms with Gasteiger partial charge >= 0.3 is 5.92 Å². The first-order valence-electron chi connectivity index (χ1n) is 2.36. The van der Waals surface area contributed by atoms with E-state index in [0.29, 0.717) is 0 Å². The molecule has 0 amide bonds. The molecule has 6 heteroatoms. The quantitative estimate of drug-likeness (QED) is 0.583. The lowest BCUT2D eigenvalue weighted by molar-refractivity contribution is -0.180. The van der Waals surface area contributed by atoms with Gasteiger partial charge in [0.15, 0.2) is 6.10 Å². The maximum absolute atomic E-state index is 11.8. The first-order chi connectivity index (χ1) is 4.41. The van der Waals surface area contributed by atoms with Crippen LogP contribution in [0.5, 0.6) is 0 Å². The summed E-state index contributed by atoms with van der Waals surface area (Å²) in [6, 6.07) is 0. The van der Waals surface area contributed by atoms with Gasteiger partial charge in [-0.2, -0.15) is 0 Å². The molecule has 0 aliphatic rings. The number of hydrogen-bond acceptors (Lipinski definition) is 2. The Balaban J connectivity index is 4.03. The minimum Gasteiger partial charge on any atom is -0.390 e. The second-order valence-corrected chi connectivity index (χ2v) is 1.70. The lowest BCUT2D eigenvalue weighted by Crippen LogP contribution is -2.41. The Labute approximate surface area is 54.1 Å². The summed E-state index contributed by atoms with van der Waals surface area (Å²) in [6.45, 7) is -1.78. The molecule has 0 rings (SSSR count). The van der Waals surface area contributed by atoms with Gasteiger partial charge in [-0.1, -0.05) is 0 Å². The molecule has 0 radical (unpaired) electrons. The molecule has 0 spiro atoms. The number of aliphatic hydroxyl groups excluding tert-OH is 2. The number of rotatable bonds is 3. The van der Waals surface area contributed by atoms with Crippen LogP contribution in [0.1, 0.15) is 0 Å². The first kappa shape index (κ1) is 9.64. The molecular formula is C4H6F4O2. The molecule has 0 aromatic heterocycles. The summed E-state index contributed by atoms with van der Waals surface area (Å²) >= 11 is 0. The normalized spacial score (nSPS) is 15.9. The minimum absolute atomic E-state index is 1.78. The molecule has 0 bridgehead atoms. The topological polar surface area (TPSA) is 40.5 Å². The van der Waals surface area contributed by atoms with Crippen LogP contribution in [0.2, 0.25) is 0 Å². The first-order valence-corrected chi connectivity index (χ1v) is 2.36. The number of alkyl halides is 4. The van der Waals surface area contributed by atoms with E-state index in [0.717, 1.165) is 0 Å². The summed E-state index contributed by atoms with van der Waals surface area (Å²) in [5.41, 5.74) is 0. The van der Waals surface area contributed by atoms with Crippen LogP contribution in [0.15, 0.2) is 0 Å². The van der Waals surface area contributed by atoms with Crippen LogP contribution < -0.4 is 0 Å². The highest BCUT2D eigenvalue weighted by Gasteiger charge is 2.43. The third-order valence-electron chi connectivity index (χ3n) is 0.882. The Morgan fingerprint density at radius 2 is 1.70 bits per heavy atom. The summed E-state index contributed by atoms with van der Waals surface area (Å²) < 4.78 is 46.2. The van der Waals surface area contributed by atoms with E-state index < -0.39 is 25.1 Å². The Kier molecular flexibility index (Phi) is 3.04. The number of hydrogen-bond donors (Lipinski definition) is 2. The van der Waals surface area contributed by atoms with E-state index in [1.807, 2.05) is 0 Å². The zero-order valence-corrected chi connectivity index (χ0v) is 4.77. The molecule has 0 saturated carbocycles. The van der Waals surface area contributed by atoms with Crippen molar-refractivity contribution in [1.82, 2.24) is 0 Å². The lowest BCUT2D eigenvalue weighted by atomic mass is 10.2. The van der Waals surface area contributed by atoms with E-state index in [1.165, 1.54) is 0 Å². The van der Waals surface area contributed by atoms with E-state index in [9.17, 15) is 17.6 Å². The largest absolute Gasteiger partial charge is 0.390 e. The van der Waals surface area contributed by atoms with Crippen molar-refractivity contribution in [3.05, 3.63) is 0 Å². The zero-order chi connectivity index (χ0) is 8.36. The molecule has 0 heterocycles. The molecule has 0 aliphatic carbocycles. The predicted molar refractivity (Wildman–Crippen MR) is 24.0 cm³/mol. The van der Waals surface area contributed by atoms with Gasteiger partial charge in [0.05, 0.1) is 0 Å². The molecular weight excluding hydrogens is 156 g/mol. The molecule has 0 fully saturated rings. The molecule has 0 aromatic rings. The predicted octanol–water partition coefficient (Wildman–Crippen LogP) is 0.240. The highest BCUT2D eigenvalue weighted by Crippen LogP contribution is 2.22. The Morgan fingerprint density at radius 3 is 1.80 bits per heavy atom. The van der Waals surface area contributed by atoms with Gasteiger partial charge in [-0.3, -0.25) is 0 Å². The molecule has 0 aliphatic heterocycles. The molecule has 10 heavy (non-hydrogen) atoms. The van der Waals surface area contributed by atoms with Crippen molar-refractivity contribution in [3.8, 4) is 0 Å². The van der Waals surface area contributed by atoms with Crippen molar-refractivity contribution in [3.63, 3.8) is 0 Å². The van der Waals surface area contributed by atoms with Gasteiger partial charge in [0.1, 0.15) is 6.61 Å². The van der Waals surface area contributed by atoms with Gasteiger partial charge < -0.3 is 10.2 Å². The Bertz CT molecular complexity index is 105. The summed E-state index contributed by atoms with van der Waals surface area (Å²) in [7, 11) is 0. The van der Waals surface area contributed by atoms with Crippen LogP contribution in [0, 0.1) is 0 Å². The van der Waals surface area contributed by atoms with Crippen LogP contribution in [-0.2, 0) is 0 Å². The number of aliphatic hydroxyl groups is 2. The lowest BCUT2D eigenvalue weighted by Gasteiger charge is -2.18. The average molecular weight is 162 g/mol. The monoisotopic (exact) mass is 162 g/mol. The molecule has 0 aromatic carbocycles. The second-order valence-electron chi connectivity index (χ2n) is 1.70. The maximum atomic E-state index is 11.8. The van der Waals surface area contributed by atoms with Crippen molar-refractivity contribution in [1.29, 1.82) is 0 Å². The van der Waals surface area contributed by atoms with Gasteiger partial charge in [0.2, 0.25) is 0 Å². The summed E-state index contributed by atoms with van der Waals surface area (Å²) in [4.78, 5) is 0. The van der Waals surface area contributed by atoms with Gasteiger partial charge in [-0.25, -0.2) is 17.6 Å².